The van der Waals surface area contributed by atoms with Crippen LogP contribution in [0.4, 0.5) is 5.82 Å². The molecule has 5 rings (SSSR count). The van der Waals surface area contributed by atoms with Crippen molar-refractivity contribution >= 4 is 27.4 Å². The Hall–Kier alpha value is -1.96. The van der Waals surface area contributed by atoms with Crippen molar-refractivity contribution in [2.75, 3.05) is 31.6 Å². The van der Waals surface area contributed by atoms with Gasteiger partial charge in [-0.2, -0.15) is 0 Å². The number of furan rings is 1. The fourth-order valence-corrected chi connectivity index (χ4v) is 5.38. The first kappa shape index (κ1) is 17.2. The zero-order valence-electron chi connectivity index (χ0n) is 15.6. The van der Waals surface area contributed by atoms with Gasteiger partial charge in [0.25, 0.3) is 0 Å². The molecule has 0 saturated carbocycles. The minimum atomic E-state index is 0.0682. The number of morpholine rings is 1. The number of aromatic nitrogens is 2. The van der Waals surface area contributed by atoms with Crippen molar-refractivity contribution in [3.63, 3.8) is 0 Å². The van der Waals surface area contributed by atoms with Gasteiger partial charge in [-0.1, -0.05) is 0 Å². The van der Waals surface area contributed by atoms with Gasteiger partial charge in [-0.15, -0.1) is 11.3 Å². The van der Waals surface area contributed by atoms with Gasteiger partial charge < -0.3 is 19.4 Å². The summed E-state index contributed by atoms with van der Waals surface area (Å²) in [7, 11) is 0. The summed E-state index contributed by atoms with van der Waals surface area (Å²) in [5.41, 5.74) is 1.45. The van der Waals surface area contributed by atoms with Crippen molar-refractivity contribution in [2.24, 2.45) is 0 Å². The number of anilines is 1. The summed E-state index contributed by atoms with van der Waals surface area (Å²) < 4.78 is 11.1. The first-order valence-corrected chi connectivity index (χ1v) is 10.6. The smallest absolute Gasteiger partial charge is 0.187 e. The lowest BCUT2D eigenvalue weighted by atomic mass is 10.1. The predicted octanol–water partition coefficient (Wildman–Crippen LogP) is 2.36. The molecule has 3 aromatic heterocycles. The fraction of sp³-hybridized carbons (Fsp3) is 0.500. The topological polar surface area (TPSA) is 64.6 Å². The zero-order valence-corrected chi connectivity index (χ0v) is 16.4. The van der Waals surface area contributed by atoms with Gasteiger partial charge >= 0.3 is 0 Å². The van der Waals surface area contributed by atoms with E-state index in [0.29, 0.717) is 0 Å². The lowest BCUT2D eigenvalue weighted by molar-refractivity contribution is -0.922. The van der Waals surface area contributed by atoms with E-state index in [1.54, 1.807) is 6.26 Å². The molecule has 2 N–H and O–H groups in total. The number of hydrogen-bond acceptors (Lipinski definition) is 6. The Morgan fingerprint density at radius 3 is 2.96 bits per heavy atom. The summed E-state index contributed by atoms with van der Waals surface area (Å²) in [4.78, 5) is 14.0. The molecule has 1 saturated heterocycles. The van der Waals surface area contributed by atoms with Crippen molar-refractivity contribution < 1.29 is 14.1 Å². The number of fused-ring (bicyclic) bond motifs is 3. The van der Waals surface area contributed by atoms with Gasteiger partial charge in [-0.05, 0) is 43.9 Å². The van der Waals surface area contributed by atoms with Crippen LogP contribution < -0.4 is 10.2 Å². The van der Waals surface area contributed by atoms with E-state index in [1.165, 1.54) is 33.6 Å². The fourth-order valence-electron chi connectivity index (χ4n) is 4.10. The third kappa shape index (κ3) is 3.35. The molecule has 1 aliphatic heterocycles. The second-order valence-electron chi connectivity index (χ2n) is 7.45. The molecule has 0 spiro atoms. The van der Waals surface area contributed by atoms with Gasteiger partial charge in [0, 0.05) is 4.88 Å². The second-order valence-corrected chi connectivity index (χ2v) is 8.53. The minimum absolute atomic E-state index is 0.0682. The van der Waals surface area contributed by atoms with Crippen LogP contribution in [0.3, 0.4) is 0 Å². The summed E-state index contributed by atoms with van der Waals surface area (Å²) >= 11 is 1.85. The van der Waals surface area contributed by atoms with Crippen LogP contribution >= 0.6 is 11.3 Å². The molecule has 0 aromatic carbocycles. The molecule has 2 aliphatic rings. The number of nitrogens with one attached hydrogen (secondary N) is 2. The number of rotatable bonds is 5. The molecule has 4 heterocycles. The Kier molecular flexibility index (Phi) is 4.59. The van der Waals surface area contributed by atoms with Crippen molar-refractivity contribution in [3.05, 3.63) is 40.4 Å². The Morgan fingerprint density at radius 1 is 1.26 bits per heavy atom. The molecule has 3 aromatic rings. The first-order valence-electron chi connectivity index (χ1n) is 9.80. The van der Waals surface area contributed by atoms with Crippen LogP contribution in [0.1, 0.15) is 41.4 Å². The molecular formula is C20H25N4O2S+. The lowest BCUT2D eigenvalue weighted by Crippen LogP contribution is -3.12. The molecular weight excluding hydrogens is 360 g/mol. The molecule has 1 aliphatic carbocycles. The monoisotopic (exact) mass is 385 g/mol. The van der Waals surface area contributed by atoms with Crippen LogP contribution in [0.25, 0.3) is 10.2 Å². The molecule has 6 nitrogen and oxygen atoms in total. The van der Waals surface area contributed by atoms with E-state index < -0.39 is 0 Å². The molecule has 0 unspecified atom stereocenters. The van der Waals surface area contributed by atoms with E-state index in [2.05, 4.69) is 12.2 Å². The Labute approximate surface area is 162 Å². The van der Waals surface area contributed by atoms with Gasteiger partial charge in [0.2, 0.25) is 0 Å². The maximum Gasteiger partial charge on any atom is 0.187 e. The first-order chi connectivity index (χ1) is 13.3. The van der Waals surface area contributed by atoms with Gasteiger partial charge in [0.1, 0.15) is 36.0 Å². The summed E-state index contributed by atoms with van der Waals surface area (Å²) in [5.74, 6) is 2.81. The van der Waals surface area contributed by atoms with Crippen LogP contribution in [-0.2, 0) is 24.1 Å². The summed E-state index contributed by atoms with van der Waals surface area (Å²) in [6, 6.07) is 4.00. The normalized spacial score (nSPS) is 18.7. The summed E-state index contributed by atoms with van der Waals surface area (Å²) in [6.07, 6.45) is 5.27. The third-order valence-corrected chi connectivity index (χ3v) is 6.73. The van der Waals surface area contributed by atoms with Gasteiger partial charge in [-0.25, -0.2) is 9.97 Å². The van der Waals surface area contributed by atoms with Crippen LogP contribution in [-0.4, -0.2) is 36.3 Å². The Morgan fingerprint density at radius 2 is 2.15 bits per heavy atom. The standard InChI is InChI=1S/C20H24N4O2S/c1-13(15-5-3-9-26-15)21-19-18-14-4-2-6-16(14)27-20(18)23-17(22-19)12-24-7-10-25-11-8-24/h3,5,9,13H,2,4,6-8,10-12H2,1H3,(H,21,22,23)/p+1/t13-/m0/s1. The van der Waals surface area contributed by atoms with E-state index in [0.717, 1.165) is 61.5 Å². The summed E-state index contributed by atoms with van der Waals surface area (Å²) in [6.45, 7) is 6.66. The quantitative estimate of drug-likeness (QED) is 0.706. The van der Waals surface area contributed by atoms with E-state index in [1.807, 2.05) is 23.5 Å². The average Bonchev–Trinajstić information content (AvgIpc) is 3.39. The van der Waals surface area contributed by atoms with Crippen molar-refractivity contribution in [2.45, 2.75) is 38.8 Å². The van der Waals surface area contributed by atoms with Crippen LogP contribution in [0, 0.1) is 0 Å². The summed E-state index contributed by atoms with van der Waals surface area (Å²) in [5, 5.41) is 4.84. The molecule has 7 heteroatoms. The SMILES string of the molecule is C[C@H](Nc1nc(C[NH+]2CCOCC2)nc2sc3c(c12)CCC3)c1ccco1. The van der Waals surface area contributed by atoms with E-state index in [4.69, 9.17) is 19.1 Å². The predicted molar refractivity (Wildman–Crippen MR) is 105 cm³/mol. The minimum Gasteiger partial charge on any atom is -0.467 e. The van der Waals surface area contributed by atoms with E-state index in [9.17, 15) is 0 Å². The van der Waals surface area contributed by atoms with E-state index in [-0.39, 0.29) is 6.04 Å². The zero-order chi connectivity index (χ0) is 18.2. The largest absolute Gasteiger partial charge is 0.467 e. The maximum absolute atomic E-state index is 5.58. The molecule has 0 amide bonds. The highest BCUT2D eigenvalue weighted by molar-refractivity contribution is 7.19. The lowest BCUT2D eigenvalue weighted by Gasteiger charge is -2.23. The molecule has 0 radical (unpaired) electrons. The highest BCUT2D eigenvalue weighted by Gasteiger charge is 2.25. The van der Waals surface area contributed by atoms with Crippen molar-refractivity contribution in [3.8, 4) is 0 Å². The molecule has 1 atom stereocenters. The second kappa shape index (κ2) is 7.22. The van der Waals surface area contributed by atoms with Crippen LogP contribution in [0.2, 0.25) is 0 Å². The molecule has 27 heavy (non-hydrogen) atoms. The van der Waals surface area contributed by atoms with Crippen LogP contribution in [0.15, 0.2) is 22.8 Å². The van der Waals surface area contributed by atoms with Gasteiger partial charge in [0.15, 0.2) is 5.82 Å². The van der Waals surface area contributed by atoms with Crippen LogP contribution in [0.5, 0.6) is 0 Å². The molecule has 1 fully saturated rings. The number of hydrogen-bond donors (Lipinski definition) is 2. The molecule has 0 bridgehead atoms. The highest BCUT2D eigenvalue weighted by atomic mass is 32.1. The number of thiophene rings is 1. The average molecular weight is 386 g/mol. The third-order valence-electron chi connectivity index (χ3n) is 5.54. The van der Waals surface area contributed by atoms with Crippen molar-refractivity contribution in [1.82, 2.24) is 9.97 Å². The Balaban J connectivity index is 1.51. The number of quaternary nitrogens is 1. The number of ether oxygens (including phenoxy) is 1. The van der Waals surface area contributed by atoms with Gasteiger partial charge in [0.05, 0.1) is 30.9 Å². The highest BCUT2D eigenvalue weighted by Crippen LogP contribution is 2.40. The number of nitrogens with zero attached hydrogens (tertiary/aromatic N) is 2. The van der Waals surface area contributed by atoms with E-state index >= 15 is 0 Å². The maximum atomic E-state index is 5.58. The van der Waals surface area contributed by atoms with Crippen molar-refractivity contribution in [1.29, 1.82) is 0 Å². The Bertz CT molecular complexity index is 931. The number of aryl methyl sites for hydroxylation is 2. The van der Waals surface area contributed by atoms with Gasteiger partial charge in [-0.3, -0.25) is 0 Å². The molecule has 142 valence electrons.